The number of aryl methyl sites for hydroxylation is 2. The summed E-state index contributed by atoms with van der Waals surface area (Å²) >= 11 is 0. The van der Waals surface area contributed by atoms with E-state index in [0.717, 1.165) is 19.3 Å². The lowest BCUT2D eigenvalue weighted by molar-refractivity contribution is -0.142. The van der Waals surface area contributed by atoms with Crippen molar-refractivity contribution in [2.45, 2.75) is 39.2 Å². The molecular formula is C17H20FNO3. The number of carboxylic acid groups (broad SMARTS) is 1. The molecular weight excluding hydrogens is 285 g/mol. The second-order valence-electron chi connectivity index (χ2n) is 6.52. The largest absolute Gasteiger partial charge is 0.480 e. The molecule has 0 bridgehead atoms. The highest BCUT2D eigenvalue weighted by Gasteiger charge is 2.49. The van der Waals surface area contributed by atoms with Gasteiger partial charge in [-0.2, -0.15) is 0 Å². The Morgan fingerprint density at radius 3 is 2.45 bits per heavy atom. The second kappa shape index (κ2) is 5.38. The molecule has 3 unspecified atom stereocenters. The van der Waals surface area contributed by atoms with Gasteiger partial charge in [-0.15, -0.1) is 0 Å². The van der Waals surface area contributed by atoms with Crippen LogP contribution in [0.3, 0.4) is 0 Å². The molecule has 1 saturated heterocycles. The second-order valence-corrected chi connectivity index (χ2v) is 6.52. The van der Waals surface area contributed by atoms with Gasteiger partial charge < -0.3 is 10.0 Å². The number of hydrogen-bond acceptors (Lipinski definition) is 2. The maximum atomic E-state index is 13.7. The summed E-state index contributed by atoms with van der Waals surface area (Å²) < 4.78 is 13.7. The van der Waals surface area contributed by atoms with E-state index in [0.29, 0.717) is 23.2 Å². The topological polar surface area (TPSA) is 57.6 Å². The minimum Gasteiger partial charge on any atom is -0.480 e. The van der Waals surface area contributed by atoms with Gasteiger partial charge in [-0.05, 0) is 61.8 Å². The zero-order valence-electron chi connectivity index (χ0n) is 12.8. The predicted molar refractivity (Wildman–Crippen MR) is 79.2 cm³/mol. The number of halogens is 1. The van der Waals surface area contributed by atoms with E-state index < -0.39 is 12.0 Å². The van der Waals surface area contributed by atoms with Crippen LogP contribution in [0.2, 0.25) is 0 Å². The van der Waals surface area contributed by atoms with E-state index >= 15 is 0 Å². The Morgan fingerprint density at radius 1 is 1.23 bits per heavy atom. The average Bonchev–Trinajstić information content (AvgIpc) is 3.02. The van der Waals surface area contributed by atoms with Crippen LogP contribution in [0.1, 0.15) is 40.7 Å². The molecule has 2 aliphatic rings. The zero-order chi connectivity index (χ0) is 16.0. The summed E-state index contributed by atoms with van der Waals surface area (Å²) in [5, 5.41) is 9.53. The molecule has 0 aromatic heterocycles. The van der Waals surface area contributed by atoms with Gasteiger partial charge in [0.05, 0.1) is 0 Å². The first-order chi connectivity index (χ1) is 10.4. The van der Waals surface area contributed by atoms with Crippen molar-refractivity contribution < 1.29 is 19.1 Å². The molecule has 1 amide bonds. The number of carboxylic acids is 1. The Morgan fingerprint density at radius 2 is 1.86 bits per heavy atom. The fourth-order valence-electron chi connectivity index (χ4n) is 4.07. The summed E-state index contributed by atoms with van der Waals surface area (Å²) in [4.78, 5) is 25.8. The van der Waals surface area contributed by atoms with Crippen LogP contribution in [0, 0.1) is 31.5 Å². The number of amides is 1. The van der Waals surface area contributed by atoms with Crippen molar-refractivity contribution in [3.8, 4) is 0 Å². The van der Waals surface area contributed by atoms with Crippen molar-refractivity contribution in [3.05, 3.63) is 34.6 Å². The summed E-state index contributed by atoms with van der Waals surface area (Å²) in [6.45, 7) is 3.73. The molecule has 2 fully saturated rings. The van der Waals surface area contributed by atoms with Crippen molar-refractivity contribution in [2.75, 3.05) is 6.54 Å². The molecule has 1 saturated carbocycles. The predicted octanol–water partition coefficient (Wildman–Crippen LogP) is 2.77. The third-order valence-electron chi connectivity index (χ3n) is 5.09. The number of fused-ring (bicyclic) bond motifs is 1. The number of rotatable bonds is 2. The molecule has 0 radical (unpaired) electrons. The van der Waals surface area contributed by atoms with Crippen molar-refractivity contribution in [1.29, 1.82) is 0 Å². The fraction of sp³-hybridized carbons (Fsp3) is 0.529. The van der Waals surface area contributed by atoms with Gasteiger partial charge in [0.1, 0.15) is 11.9 Å². The average molecular weight is 305 g/mol. The quantitative estimate of drug-likeness (QED) is 0.914. The molecule has 118 valence electrons. The summed E-state index contributed by atoms with van der Waals surface area (Å²) in [7, 11) is 0. The summed E-state index contributed by atoms with van der Waals surface area (Å²) in [6.07, 6.45) is 2.89. The van der Waals surface area contributed by atoms with Gasteiger partial charge >= 0.3 is 5.97 Å². The molecule has 0 spiro atoms. The van der Waals surface area contributed by atoms with E-state index in [1.807, 2.05) is 0 Å². The Labute approximate surface area is 128 Å². The third-order valence-corrected chi connectivity index (χ3v) is 5.09. The van der Waals surface area contributed by atoms with Crippen molar-refractivity contribution in [3.63, 3.8) is 0 Å². The molecule has 22 heavy (non-hydrogen) atoms. The molecule has 1 N–H and O–H groups in total. The van der Waals surface area contributed by atoms with E-state index in [-0.39, 0.29) is 23.6 Å². The van der Waals surface area contributed by atoms with Crippen LogP contribution in [0.25, 0.3) is 0 Å². The highest BCUT2D eigenvalue weighted by atomic mass is 19.1. The van der Waals surface area contributed by atoms with E-state index in [9.17, 15) is 19.1 Å². The number of benzene rings is 1. The van der Waals surface area contributed by atoms with E-state index in [4.69, 9.17) is 0 Å². The molecule has 1 heterocycles. The highest BCUT2D eigenvalue weighted by molar-refractivity contribution is 5.97. The number of likely N-dealkylation sites (tertiary alicyclic amines) is 1. The minimum atomic E-state index is -0.932. The van der Waals surface area contributed by atoms with E-state index in [2.05, 4.69) is 0 Å². The van der Waals surface area contributed by atoms with Crippen LogP contribution in [0.5, 0.6) is 0 Å². The van der Waals surface area contributed by atoms with E-state index in [1.165, 1.54) is 17.0 Å². The monoisotopic (exact) mass is 305 g/mol. The first-order valence-corrected chi connectivity index (χ1v) is 7.70. The Hall–Kier alpha value is -1.91. The van der Waals surface area contributed by atoms with Crippen LogP contribution in [0.4, 0.5) is 4.39 Å². The van der Waals surface area contributed by atoms with Gasteiger partial charge in [0.15, 0.2) is 0 Å². The third kappa shape index (κ3) is 2.28. The standard InChI is InChI=1S/C17H20FNO3/c1-9-6-12(7-10(2)14(9)18)16(20)19-8-11-4-3-5-13(11)15(19)17(21)22/h6-7,11,13,15H,3-5,8H2,1-2H3,(H,21,22). The lowest BCUT2D eigenvalue weighted by Crippen LogP contribution is -2.43. The van der Waals surface area contributed by atoms with Crippen molar-refractivity contribution in [2.24, 2.45) is 11.8 Å². The molecule has 1 aromatic carbocycles. The smallest absolute Gasteiger partial charge is 0.326 e. The maximum Gasteiger partial charge on any atom is 0.326 e. The zero-order valence-corrected chi connectivity index (χ0v) is 12.8. The van der Waals surface area contributed by atoms with Gasteiger partial charge in [-0.1, -0.05) is 6.42 Å². The molecule has 3 atom stereocenters. The van der Waals surface area contributed by atoms with Gasteiger partial charge in [0, 0.05) is 12.1 Å². The number of carbonyl (C=O) groups is 2. The molecule has 5 heteroatoms. The van der Waals surface area contributed by atoms with Crippen LogP contribution < -0.4 is 0 Å². The number of nitrogens with zero attached hydrogens (tertiary/aromatic N) is 1. The first-order valence-electron chi connectivity index (χ1n) is 7.70. The lowest BCUT2D eigenvalue weighted by atomic mass is 9.94. The van der Waals surface area contributed by atoms with Gasteiger partial charge in [-0.25, -0.2) is 9.18 Å². The Bertz CT molecular complexity index is 620. The van der Waals surface area contributed by atoms with Gasteiger partial charge in [-0.3, -0.25) is 4.79 Å². The molecule has 3 rings (SSSR count). The number of hydrogen-bond donors (Lipinski definition) is 1. The molecule has 1 aliphatic carbocycles. The van der Waals surface area contributed by atoms with Crippen LogP contribution in [0.15, 0.2) is 12.1 Å². The molecule has 4 nitrogen and oxygen atoms in total. The Balaban J connectivity index is 1.93. The number of aliphatic carboxylic acids is 1. The molecule has 1 aromatic rings. The normalized spacial score (nSPS) is 27.0. The van der Waals surface area contributed by atoms with Crippen LogP contribution in [-0.4, -0.2) is 34.5 Å². The highest BCUT2D eigenvalue weighted by Crippen LogP contribution is 2.42. The van der Waals surface area contributed by atoms with Crippen molar-refractivity contribution >= 4 is 11.9 Å². The van der Waals surface area contributed by atoms with Gasteiger partial charge in [0.25, 0.3) is 5.91 Å². The molecule has 1 aliphatic heterocycles. The maximum absolute atomic E-state index is 13.7. The number of carbonyl (C=O) groups excluding carboxylic acids is 1. The van der Waals surface area contributed by atoms with E-state index in [1.54, 1.807) is 13.8 Å². The summed E-state index contributed by atoms with van der Waals surface area (Å²) in [5.74, 6) is -1.20. The summed E-state index contributed by atoms with van der Waals surface area (Å²) in [6, 6.07) is 2.28. The lowest BCUT2D eigenvalue weighted by Gasteiger charge is -2.24. The SMILES string of the molecule is Cc1cc(C(=O)N2CC3CCCC3C2C(=O)O)cc(C)c1F. The van der Waals surface area contributed by atoms with Gasteiger partial charge in [0.2, 0.25) is 0 Å². The fourth-order valence-corrected chi connectivity index (χ4v) is 4.07. The minimum absolute atomic E-state index is 0.0593. The van der Waals surface area contributed by atoms with Crippen molar-refractivity contribution in [1.82, 2.24) is 4.90 Å². The Kier molecular flexibility index (Phi) is 3.67. The summed E-state index contributed by atoms with van der Waals surface area (Å²) in [5.41, 5.74) is 1.20. The van der Waals surface area contributed by atoms with Crippen LogP contribution >= 0.6 is 0 Å². The first kappa shape index (κ1) is 15.0. The van der Waals surface area contributed by atoms with Crippen LogP contribution in [-0.2, 0) is 4.79 Å².